The Balaban J connectivity index is 1.42. The van der Waals surface area contributed by atoms with Crippen LogP contribution in [-0.2, 0) is 13.6 Å². The molecule has 0 radical (unpaired) electrons. The van der Waals surface area contributed by atoms with Crippen LogP contribution in [0.2, 0.25) is 0 Å². The first kappa shape index (κ1) is 17.1. The van der Waals surface area contributed by atoms with E-state index >= 15 is 0 Å². The van der Waals surface area contributed by atoms with E-state index in [1.54, 1.807) is 24.1 Å². The molecule has 0 spiro atoms. The maximum atomic E-state index is 11.7. The Morgan fingerprint density at radius 3 is 2.54 bits per heavy atom. The molecule has 1 saturated heterocycles. The fraction of sp³-hybridized carbons (Fsp3) is 0.579. The molecule has 1 aliphatic carbocycles. The van der Waals surface area contributed by atoms with Crippen LogP contribution in [-0.4, -0.2) is 49.6 Å². The highest BCUT2D eigenvalue weighted by molar-refractivity contribution is 5.43. The summed E-state index contributed by atoms with van der Waals surface area (Å²) in [5.41, 5.74) is 1.86. The van der Waals surface area contributed by atoms with Crippen LogP contribution in [0.1, 0.15) is 37.1 Å². The lowest BCUT2D eigenvalue weighted by atomic mass is 10.0. The summed E-state index contributed by atoms with van der Waals surface area (Å²) in [4.78, 5) is 29.3. The predicted octanol–water partition coefficient (Wildman–Crippen LogP) is 1.51. The molecule has 2 fully saturated rings. The van der Waals surface area contributed by atoms with Crippen molar-refractivity contribution in [2.75, 3.05) is 18.0 Å². The van der Waals surface area contributed by atoms with Gasteiger partial charge in [0.15, 0.2) is 0 Å². The molecule has 7 heteroatoms. The van der Waals surface area contributed by atoms with Crippen molar-refractivity contribution in [3.63, 3.8) is 0 Å². The van der Waals surface area contributed by atoms with E-state index in [4.69, 9.17) is 0 Å². The van der Waals surface area contributed by atoms with Gasteiger partial charge in [-0.3, -0.25) is 9.47 Å². The van der Waals surface area contributed by atoms with E-state index in [1.165, 1.54) is 12.8 Å². The van der Waals surface area contributed by atoms with Gasteiger partial charge in [0.25, 0.3) is 0 Å². The quantitative estimate of drug-likeness (QED) is 0.811. The number of piperidine rings is 1. The zero-order valence-corrected chi connectivity index (χ0v) is 15.5. The van der Waals surface area contributed by atoms with E-state index in [1.807, 2.05) is 13.0 Å². The standard InChI is InChI=1S/C19H26N6O/c1-14-11-18(22-13-21-14)25(15-3-4-15)16-6-9-24(10-7-16)12-17-5-8-20-19(26)23(17)2/h5,8,11,13,15-16H,3-4,6-7,9-10,12H2,1-2H3. The number of hydrogen-bond donors (Lipinski definition) is 0. The Bertz CT molecular complexity index is 823. The fourth-order valence-electron chi connectivity index (χ4n) is 3.86. The second-order valence-electron chi connectivity index (χ2n) is 7.44. The molecular weight excluding hydrogens is 328 g/mol. The summed E-state index contributed by atoms with van der Waals surface area (Å²) in [6.45, 7) is 4.90. The molecule has 0 unspecified atom stereocenters. The minimum Gasteiger partial charge on any atom is -0.350 e. The van der Waals surface area contributed by atoms with Crippen molar-refractivity contribution < 1.29 is 0 Å². The van der Waals surface area contributed by atoms with Gasteiger partial charge in [-0.2, -0.15) is 0 Å². The lowest BCUT2D eigenvalue weighted by molar-refractivity contribution is 0.196. The highest BCUT2D eigenvalue weighted by Crippen LogP contribution is 2.35. The molecule has 2 aromatic heterocycles. The zero-order valence-electron chi connectivity index (χ0n) is 15.5. The average molecular weight is 354 g/mol. The number of aromatic nitrogens is 4. The van der Waals surface area contributed by atoms with Crippen molar-refractivity contribution in [3.05, 3.63) is 46.5 Å². The normalized spacial score (nSPS) is 18.8. The Labute approximate surface area is 153 Å². The number of rotatable bonds is 5. The van der Waals surface area contributed by atoms with E-state index in [0.717, 1.165) is 49.7 Å². The van der Waals surface area contributed by atoms with E-state index in [-0.39, 0.29) is 5.69 Å². The van der Waals surface area contributed by atoms with Crippen LogP contribution in [0.15, 0.2) is 29.5 Å². The van der Waals surface area contributed by atoms with Gasteiger partial charge in [-0.15, -0.1) is 0 Å². The molecule has 1 aliphatic heterocycles. The smallest absolute Gasteiger partial charge is 0.347 e. The van der Waals surface area contributed by atoms with Gasteiger partial charge < -0.3 is 4.90 Å². The summed E-state index contributed by atoms with van der Waals surface area (Å²) in [5, 5.41) is 0. The minimum absolute atomic E-state index is 0.184. The lowest BCUT2D eigenvalue weighted by Gasteiger charge is -2.39. The van der Waals surface area contributed by atoms with E-state index < -0.39 is 0 Å². The SMILES string of the molecule is Cc1cc(N(C2CC2)C2CCN(Cc3ccnc(=O)n3C)CC2)ncn1. The Hall–Kier alpha value is -2.28. The van der Waals surface area contributed by atoms with Gasteiger partial charge in [-0.1, -0.05) is 0 Å². The van der Waals surface area contributed by atoms with Gasteiger partial charge in [0.05, 0.1) is 0 Å². The van der Waals surface area contributed by atoms with Crippen molar-refractivity contribution in [2.45, 2.75) is 51.2 Å². The minimum atomic E-state index is -0.184. The van der Waals surface area contributed by atoms with Gasteiger partial charge in [0, 0.05) is 62.4 Å². The summed E-state index contributed by atoms with van der Waals surface area (Å²) in [7, 11) is 1.80. The van der Waals surface area contributed by atoms with Crippen LogP contribution in [0, 0.1) is 6.92 Å². The number of anilines is 1. The fourth-order valence-corrected chi connectivity index (χ4v) is 3.86. The molecule has 0 aromatic carbocycles. The molecule has 0 bridgehead atoms. The van der Waals surface area contributed by atoms with Crippen molar-refractivity contribution >= 4 is 5.82 Å². The molecule has 4 rings (SSSR count). The van der Waals surface area contributed by atoms with Crippen LogP contribution < -0.4 is 10.6 Å². The molecule has 0 atom stereocenters. The molecule has 0 amide bonds. The molecule has 7 nitrogen and oxygen atoms in total. The van der Waals surface area contributed by atoms with Crippen molar-refractivity contribution in [3.8, 4) is 0 Å². The molecule has 3 heterocycles. The van der Waals surface area contributed by atoms with Crippen LogP contribution in [0.5, 0.6) is 0 Å². The second kappa shape index (κ2) is 7.15. The second-order valence-corrected chi connectivity index (χ2v) is 7.44. The molecule has 138 valence electrons. The molecule has 26 heavy (non-hydrogen) atoms. The van der Waals surface area contributed by atoms with Gasteiger partial charge in [-0.05, 0) is 38.7 Å². The number of hydrogen-bond acceptors (Lipinski definition) is 6. The van der Waals surface area contributed by atoms with E-state index in [0.29, 0.717) is 12.1 Å². The summed E-state index contributed by atoms with van der Waals surface area (Å²) in [6.07, 6.45) is 8.07. The summed E-state index contributed by atoms with van der Waals surface area (Å²) < 4.78 is 1.65. The van der Waals surface area contributed by atoms with E-state index in [2.05, 4.69) is 30.8 Å². The maximum Gasteiger partial charge on any atom is 0.347 e. The Morgan fingerprint density at radius 1 is 1.12 bits per heavy atom. The number of aryl methyl sites for hydroxylation is 1. The van der Waals surface area contributed by atoms with Crippen molar-refractivity contribution in [1.82, 2.24) is 24.4 Å². The first-order chi connectivity index (χ1) is 12.6. The summed E-state index contributed by atoms with van der Waals surface area (Å²) in [5.74, 6) is 1.08. The topological polar surface area (TPSA) is 67.2 Å². The van der Waals surface area contributed by atoms with Crippen LogP contribution in [0.3, 0.4) is 0 Å². The first-order valence-corrected chi connectivity index (χ1v) is 9.42. The average Bonchev–Trinajstić information content (AvgIpc) is 3.46. The van der Waals surface area contributed by atoms with Crippen LogP contribution in [0.4, 0.5) is 5.82 Å². The van der Waals surface area contributed by atoms with Crippen molar-refractivity contribution in [1.29, 1.82) is 0 Å². The van der Waals surface area contributed by atoms with Gasteiger partial charge in [0.1, 0.15) is 12.1 Å². The van der Waals surface area contributed by atoms with Crippen LogP contribution in [0.25, 0.3) is 0 Å². The molecule has 2 aliphatic rings. The number of likely N-dealkylation sites (tertiary alicyclic amines) is 1. The lowest BCUT2D eigenvalue weighted by Crippen LogP contribution is -2.46. The first-order valence-electron chi connectivity index (χ1n) is 9.42. The molecular formula is C19H26N6O. The highest BCUT2D eigenvalue weighted by atomic mass is 16.1. The zero-order chi connectivity index (χ0) is 18.1. The molecule has 0 N–H and O–H groups in total. The van der Waals surface area contributed by atoms with Gasteiger partial charge in [0.2, 0.25) is 0 Å². The third-order valence-corrected chi connectivity index (χ3v) is 5.50. The van der Waals surface area contributed by atoms with Gasteiger partial charge >= 0.3 is 5.69 Å². The van der Waals surface area contributed by atoms with Crippen LogP contribution >= 0.6 is 0 Å². The maximum absolute atomic E-state index is 11.7. The van der Waals surface area contributed by atoms with E-state index in [9.17, 15) is 4.79 Å². The molecule has 2 aromatic rings. The largest absolute Gasteiger partial charge is 0.350 e. The third kappa shape index (κ3) is 3.62. The van der Waals surface area contributed by atoms with Crippen molar-refractivity contribution in [2.24, 2.45) is 7.05 Å². The van der Waals surface area contributed by atoms with Gasteiger partial charge in [-0.25, -0.2) is 19.7 Å². The summed E-state index contributed by atoms with van der Waals surface area (Å²) in [6, 6.07) is 5.22. The predicted molar refractivity (Wildman–Crippen MR) is 100 cm³/mol. The Morgan fingerprint density at radius 2 is 1.85 bits per heavy atom. The monoisotopic (exact) mass is 354 g/mol. The number of nitrogens with zero attached hydrogens (tertiary/aromatic N) is 6. The summed E-state index contributed by atoms with van der Waals surface area (Å²) >= 11 is 0. The Kier molecular flexibility index (Phi) is 4.72. The highest BCUT2D eigenvalue weighted by Gasteiger charge is 2.36. The third-order valence-electron chi connectivity index (χ3n) is 5.50. The molecule has 1 saturated carbocycles.